The molecule has 1 fully saturated rings. The van der Waals surface area contributed by atoms with E-state index in [-0.39, 0.29) is 5.75 Å². The summed E-state index contributed by atoms with van der Waals surface area (Å²) in [5.41, 5.74) is 4.26. The van der Waals surface area contributed by atoms with Crippen LogP contribution in [0.2, 0.25) is 0 Å². The normalized spacial score (nSPS) is 15.2. The number of hydrogen-bond acceptors (Lipinski definition) is 6. The highest BCUT2D eigenvalue weighted by Gasteiger charge is 2.46. The van der Waals surface area contributed by atoms with E-state index in [0.717, 1.165) is 14.1 Å². The van der Waals surface area contributed by atoms with Gasteiger partial charge in [0, 0.05) is 19.8 Å². The number of carbonyl (C=O) groups is 5. The Morgan fingerprint density at radius 2 is 1.48 bits per heavy atom. The number of rotatable bonds is 2. The molecule has 132 valence electrons. The van der Waals surface area contributed by atoms with E-state index in [1.807, 2.05) is 10.9 Å². The molecule has 7 amide bonds. The number of aromatic hydroxyl groups is 1. The molecule has 0 atom stereocenters. The maximum absolute atomic E-state index is 12.0. The van der Waals surface area contributed by atoms with Crippen molar-refractivity contribution in [2.75, 3.05) is 19.4 Å². The van der Waals surface area contributed by atoms with Crippen molar-refractivity contribution in [3.05, 3.63) is 24.3 Å². The van der Waals surface area contributed by atoms with Gasteiger partial charge in [-0.1, -0.05) is 0 Å². The van der Waals surface area contributed by atoms with Crippen molar-refractivity contribution in [2.24, 2.45) is 5.92 Å². The van der Waals surface area contributed by atoms with E-state index >= 15 is 0 Å². The van der Waals surface area contributed by atoms with Crippen LogP contribution in [0.1, 0.15) is 0 Å². The average Bonchev–Trinajstić information content (AvgIpc) is 2.58. The van der Waals surface area contributed by atoms with Gasteiger partial charge >= 0.3 is 12.1 Å². The molecule has 0 unspecified atom stereocenters. The Morgan fingerprint density at radius 3 is 2.00 bits per heavy atom. The lowest BCUT2D eigenvalue weighted by molar-refractivity contribution is -0.152. The topological polar surface area (TPSA) is 148 Å². The van der Waals surface area contributed by atoms with Crippen LogP contribution in [-0.2, 0) is 14.4 Å². The summed E-state index contributed by atoms with van der Waals surface area (Å²) >= 11 is 0. The van der Waals surface area contributed by atoms with Crippen molar-refractivity contribution < 1.29 is 29.1 Å². The number of anilines is 1. The molecule has 1 aliphatic rings. The lowest BCUT2D eigenvalue weighted by atomic mass is 10.0. The number of amides is 7. The number of hydrogen-bond donors (Lipinski definition) is 4. The molecule has 2 rings (SSSR count). The van der Waals surface area contributed by atoms with E-state index in [1.165, 1.54) is 24.3 Å². The van der Waals surface area contributed by atoms with E-state index in [9.17, 15) is 24.0 Å². The van der Waals surface area contributed by atoms with Crippen LogP contribution in [0.25, 0.3) is 0 Å². The predicted molar refractivity (Wildman–Crippen MR) is 82.8 cm³/mol. The van der Waals surface area contributed by atoms with Crippen LogP contribution < -0.4 is 16.2 Å². The second kappa shape index (κ2) is 6.86. The van der Waals surface area contributed by atoms with E-state index < -0.39 is 35.7 Å². The molecule has 1 saturated heterocycles. The molecule has 0 spiro atoms. The highest BCUT2D eigenvalue weighted by molar-refractivity contribution is 6.25. The summed E-state index contributed by atoms with van der Waals surface area (Å²) in [7, 11) is 2.28. The van der Waals surface area contributed by atoms with Crippen molar-refractivity contribution in [3.63, 3.8) is 0 Å². The van der Waals surface area contributed by atoms with Crippen molar-refractivity contribution >= 4 is 35.5 Å². The van der Waals surface area contributed by atoms with Crippen LogP contribution in [0.3, 0.4) is 0 Å². The first-order valence-corrected chi connectivity index (χ1v) is 6.97. The van der Waals surface area contributed by atoms with Crippen LogP contribution in [0.5, 0.6) is 5.75 Å². The maximum Gasteiger partial charge on any atom is 0.337 e. The Bertz CT molecular complexity index is 723. The SMILES string of the molecule is CN1C(=O)C(C(=O)NNC(=O)Nc2ccc(O)cc2)C(=O)N(C)C1=O. The Hall–Kier alpha value is -3.63. The molecule has 11 nitrogen and oxygen atoms in total. The number of imide groups is 2. The third-order valence-corrected chi connectivity index (χ3v) is 3.42. The summed E-state index contributed by atoms with van der Waals surface area (Å²) in [6, 6.07) is 3.83. The number of urea groups is 2. The lowest BCUT2D eigenvalue weighted by Crippen LogP contribution is -2.62. The van der Waals surface area contributed by atoms with E-state index in [4.69, 9.17) is 5.11 Å². The van der Waals surface area contributed by atoms with Gasteiger partial charge in [0.25, 0.3) is 17.7 Å². The number of phenols is 1. The second-order valence-electron chi connectivity index (χ2n) is 5.13. The zero-order chi connectivity index (χ0) is 18.7. The number of nitrogens with zero attached hydrogens (tertiary/aromatic N) is 2. The van der Waals surface area contributed by atoms with Crippen LogP contribution >= 0.6 is 0 Å². The zero-order valence-corrected chi connectivity index (χ0v) is 13.3. The van der Waals surface area contributed by atoms with Gasteiger partial charge in [-0.3, -0.25) is 29.6 Å². The first-order chi connectivity index (χ1) is 11.7. The van der Waals surface area contributed by atoms with Crippen molar-refractivity contribution in [2.45, 2.75) is 0 Å². The quantitative estimate of drug-likeness (QED) is 0.312. The summed E-state index contributed by atoms with van der Waals surface area (Å²) < 4.78 is 0. The molecule has 0 bridgehead atoms. The smallest absolute Gasteiger partial charge is 0.337 e. The molecule has 11 heteroatoms. The van der Waals surface area contributed by atoms with Gasteiger partial charge < -0.3 is 10.4 Å². The molecule has 1 aromatic carbocycles. The summed E-state index contributed by atoms with van der Waals surface area (Å²) in [6.45, 7) is 0. The van der Waals surface area contributed by atoms with Crippen LogP contribution in [0, 0.1) is 5.92 Å². The van der Waals surface area contributed by atoms with Gasteiger partial charge in [-0.15, -0.1) is 0 Å². The molecule has 1 aromatic rings. The molecule has 1 heterocycles. The Kier molecular flexibility index (Phi) is 4.86. The highest BCUT2D eigenvalue weighted by atomic mass is 16.3. The maximum atomic E-state index is 12.0. The Balaban J connectivity index is 1.96. The minimum atomic E-state index is -1.78. The number of barbiturate groups is 1. The standard InChI is InChI=1S/C14H15N5O6/c1-18-11(22)9(12(23)19(2)14(18)25)10(21)16-17-13(24)15-7-3-5-8(20)6-4-7/h3-6,9,20H,1-2H3,(H,16,21)(H2,15,17,24). The fourth-order valence-electron chi connectivity index (χ4n) is 2.03. The second-order valence-corrected chi connectivity index (χ2v) is 5.13. The molecular weight excluding hydrogens is 334 g/mol. The zero-order valence-electron chi connectivity index (χ0n) is 13.3. The number of hydrazine groups is 1. The van der Waals surface area contributed by atoms with E-state index in [1.54, 1.807) is 0 Å². The largest absolute Gasteiger partial charge is 0.508 e. The number of nitrogens with one attached hydrogen (secondary N) is 3. The van der Waals surface area contributed by atoms with Gasteiger partial charge in [-0.05, 0) is 24.3 Å². The fourth-order valence-corrected chi connectivity index (χ4v) is 2.03. The molecule has 25 heavy (non-hydrogen) atoms. The first-order valence-electron chi connectivity index (χ1n) is 6.97. The van der Waals surface area contributed by atoms with Gasteiger partial charge in [0.2, 0.25) is 0 Å². The van der Waals surface area contributed by atoms with Crippen molar-refractivity contribution in [1.82, 2.24) is 20.7 Å². The predicted octanol–water partition coefficient (Wildman–Crippen LogP) is -0.789. The van der Waals surface area contributed by atoms with Gasteiger partial charge in [0.1, 0.15) is 5.75 Å². The third kappa shape index (κ3) is 3.65. The number of phenolic OH excluding ortho intramolecular Hbond substituents is 1. The third-order valence-electron chi connectivity index (χ3n) is 3.42. The number of carbonyl (C=O) groups excluding carboxylic acids is 5. The number of benzene rings is 1. The summed E-state index contributed by atoms with van der Waals surface area (Å²) in [6.07, 6.45) is 0. The summed E-state index contributed by atoms with van der Waals surface area (Å²) in [5.74, 6) is -4.84. The molecule has 1 aliphatic heterocycles. The lowest BCUT2D eigenvalue weighted by Gasteiger charge is -2.31. The summed E-state index contributed by atoms with van der Waals surface area (Å²) in [4.78, 5) is 60.5. The van der Waals surface area contributed by atoms with Crippen LogP contribution in [0.4, 0.5) is 15.3 Å². The fraction of sp³-hybridized carbons (Fsp3) is 0.214. The van der Waals surface area contributed by atoms with Crippen LogP contribution in [-0.4, -0.2) is 58.8 Å². The minimum Gasteiger partial charge on any atom is -0.508 e. The van der Waals surface area contributed by atoms with Crippen molar-refractivity contribution in [1.29, 1.82) is 0 Å². The van der Waals surface area contributed by atoms with Crippen LogP contribution in [0.15, 0.2) is 24.3 Å². The summed E-state index contributed by atoms with van der Waals surface area (Å²) in [5, 5.41) is 11.5. The molecule has 0 aliphatic carbocycles. The van der Waals surface area contributed by atoms with Gasteiger partial charge in [-0.2, -0.15) is 0 Å². The Labute approximate surface area is 141 Å². The minimum absolute atomic E-state index is 0.0105. The Morgan fingerprint density at radius 1 is 0.960 bits per heavy atom. The molecule has 0 aromatic heterocycles. The highest BCUT2D eigenvalue weighted by Crippen LogP contribution is 2.15. The molecular formula is C14H15N5O6. The molecule has 0 radical (unpaired) electrons. The van der Waals surface area contributed by atoms with E-state index in [0.29, 0.717) is 15.5 Å². The molecule has 4 N–H and O–H groups in total. The molecule has 0 saturated carbocycles. The van der Waals surface area contributed by atoms with Crippen molar-refractivity contribution in [3.8, 4) is 5.75 Å². The first kappa shape index (κ1) is 17.7. The van der Waals surface area contributed by atoms with Gasteiger partial charge in [0.05, 0.1) is 0 Å². The van der Waals surface area contributed by atoms with E-state index in [2.05, 4.69) is 5.32 Å². The average molecular weight is 349 g/mol. The van der Waals surface area contributed by atoms with Gasteiger partial charge in [-0.25, -0.2) is 15.0 Å². The monoisotopic (exact) mass is 349 g/mol. The van der Waals surface area contributed by atoms with Gasteiger partial charge in [0.15, 0.2) is 5.92 Å².